The van der Waals surface area contributed by atoms with Gasteiger partial charge in [0.25, 0.3) is 11.8 Å². The lowest BCUT2D eigenvalue weighted by Gasteiger charge is -2.20. The monoisotopic (exact) mass is 473 g/mol. The number of hydrogen-bond acceptors (Lipinski definition) is 5. The van der Waals surface area contributed by atoms with E-state index in [-0.39, 0.29) is 23.1 Å². The number of hydrazone groups is 1. The zero-order valence-electron chi connectivity index (χ0n) is 18.5. The lowest BCUT2D eigenvalue weighted by atomic mass is 10.0. The first-order chi connectivity index (χ1) is 15.8. The molecule has 0 aliphatic heterocycles. The molecule has 0 aromatic heterocycles. The predicted molar refractivity (Wildman–Crippen MR) is 125 cm³/mol. The number of nitrogens with zero attached hydrogens (tertiary/aromatic N) is 1. The van der Waals surface area contributed by atoms with E-state index in [0.29, 0.717) is 23.7 Å². The molecule has 0 bridgehead atoms. The van der Waals surface area contributed by atoms with Crippen molar-refractivity contribution in [1.82, 2.24) is 10.7 Å². The van der Waals surface area contributed by atoms with Crippen molar-refractivity contribution in [3.63, 3.8) is 0 Å². The minimum Gasteiger partial charge on any atom is -0.490 e. The number of carbonyl (C=O) groups is 2. The zero-order chi connectivity index (χ0) is 24.4. The molecule has 2 aromatic rings. The van der Waals surface area contributed by atoms with Crippen LogP contribution in [0.25, 0.3) is 0 Å². The molecule has 2 aromatic carbocycles. The number of terminal acetylenes is 1. The van der Waals surface area contributed by atoms with Crippen molar-refractivity contribution in [2.75, 3.05) is 13.2 Å². The average molecular weight is 474 g/mol. The fourth-order valence-electron chi connectivity index (χ4n) is 2.78. The van der Waals surface area contributed by atoms with Gasteiger partial charge in [0, 0.05) is 5.56 Å². The Hall–Kier alpha value is -3.57. The van der Waals surface area contributed by atoms with Crippen LogP contribution in [0.15, 0.2) is 41.5 Å². The van der Waals surface area contributed by atoms with Crippen LogP contribution >= 0.6 is 11.6 Å². The maximum Gasteiger partial charge on any atom is 0.262 e. The molecule has 0 radical (unpaired) electrons. The summed E-state index contributed by atoms with van der Waals surface area (Å²) in [5.41, 5.74) is 3.20. The number of nitrogens with one attached hydrogen (secondary N) is 2. The van der Waals surface area contributed by atoms with Gasteiger partial charge in [0.15, 0.2) is 11.5 Å². The molecule has 0 heterocycles. The molecule has 1 unspecified atom stereocenters. The van der Waals surface area contributed by atoms with E-state index < -0.39 is 23.7 Å². The van der Waals surface area contributed by atoms with Crippen molar-refractivity contribution in [3.8, 4) is 23.8 Å². The minimum atomic E-state index is -0.859. The number of rotatable bonds is 10. The molecule has 174 valence electrons. The topological polar surface area (TPSA) is 89.0 Å². The number of ether oxygens (including phenoxy) is 2. The summed E-state index contributed by atoms with van der Waals surface area (Å²) in [6.45, 7) is 5.78. The van der Waals surface area contributed by atoms with Crippen LogP contribution < -0.4 is 20.2 Å². The largest absolute Gasteiger partial charge is 0.490 e. The zero-order valence-corrected chi connectivity index (χ0v) is 19.3. The van der Waals surface area contributed by atoms with E-state index in [9.17, 15) is 14.0 Å². The first-order valence-corrected chi connectivity index (χ1v) is 10.6. The standard InChI is InChI=1S/C24H25ClFN3O4/c1-5-11-33-22-19(25)12-16(13-20(22)32-6-2)14-27-29-24(31)21(15(3)4)28-23(30)17-7-9-18(26)10-8-17/h1,7-10,12-15,21H,6,11H2,2-4H3,(H,28,30)(H,29,31)/b27-14+. The molecular formula is C24H25ClFN3O4. The first kappa shape index (κ1) is 25.7. The highest BCUT2D eigenvalue weighted by atomic mass is 35.5. The average Bonchev–Trinajstić information content (AvgIpc) is 2.77. The third-order valence-corrected chi connectivity index (χ3v) is 4.64. The Balaban J connectivity index is 2.10. The van der Waals surface area contributed by atoms with Crippen LogP contribution in [0, 0.1) is 24.1 Å². The SMILES string of the molecule is C#CCOc1c(Cl)cc(/C=N/NC(=O)C(NC(=O)c2ccc(F)cc2)C(C)C)cc1OCC. The number of benzene rings is 2. The number of hydrogen-bond donors (Lipinski definition) is 2. The van der Waals surface area contributed by atoms with Crippen molar-refractivity contribution in [3.05, 3.63) is 58.4 Å². The summed E-state index contributed by atoms with van der Waals surface area (Å²) in [4.78, 5) is 25.0. The van der Waals surface area contributed by atoms with E-state index >= 15 is 0 Å². The van der Waals surface area contributed by atoms with Gasteiger partial charge in [-0.1, -0.05) is 31.4 Å². The lowest BCUT2D eigenvalue weighted by molar-refractivity contribution is -0.123. The molecular weight excluding hydrogens is 449 g/mol. The second-order valence-electron chi connectivity index (χ2n) is 7.19. The Morgan fingerprint density at radius 2 is 1.94 bits per heavy atom. The van der Waals surface area contributed by atoms with E-state index in [4.69, 9.17) is 27.5 Å². The van der Waals surface area contributed by atoms with Crippen molar-refractivity contribution >= 4 is 29.6 Å². The summed E-state index contributed by atoms with van der Waals surface area (Å²) in [6, 6.07) is 7.41. The van der Waals surface area contributed by atoms with Gasteiger partial charge in [-0.25, -0.2) is 9.82 Å². The van der Waals surface area contributed by atoms with E-state index in [1.54, 1.807) is 26.0 Å². The minimum absolute atomic E-state index is 0.0313. The van der Waals surface area contributed by atoms with E-state index in [0.717, 1.165) is 0 Å². The Bertz CT molecular complexity index is 1050. The van der Waals surface area contributed by atoms with Crippen molar-refractivity contribution in [2.24, 2.45) is 11.0 Å². The number of amides is 2. The molecule has 0 fully saturated rings. The van der Waals surface area contributed by atoms with Crippen molar-refractivity contribution < 1.29 is 23.5 Å². The molecule has 0 saturated heterocycles. The van der Waals surface area contributed by atoms with Gasteiger partial charge in [0.1, 0.15) is 18.5 Å². The molecule has 33 heavy (non-hydrogen) atoms. The van der Waals surface area contributed by atoms with Crippen molar-refractivity contribution in [1.29, 1.82) is 0 Å². The molecule has 2 rings (SSSR count). The van der Waals surface area contributed by atoms with Crippen LogP contribution in [-0.4, -0.2) is 37.3 Å². The van der Waals surface area contributed by atoms with Gasteiger partial charge in [-0.05, 0) is 54.8 Å². The molecule has 0 spiro atoms. The summed E-state index contributed by atoms with van der Waals surface area (Å²) in [6.07, 6.45) is 6.61. The van der Waals surface area contributed by atoms with Crippen LogP contribution in [0.5, 0.6) is 11.5 Å². The first-order valence-electron chi connectivity index (χ1n) is 10.2. The van der Waals surface area contributed by atoms with Gasteiger partial charge in [0.2, 0.25) is 0 Å². The van der Waals surface area contributed by atoms with Crippen molar-refractivity contribution in [2.45, 2.75) is 26.8 Å². The van der Waals surface area contributed by atoms with Crippen LogP contribution in [0.3, 0.4) is 0 Å². The van der Waals surface area contributed by atoms with Gasteiger partial charge >= 0.3 is 0 Å². The molecule has 2 N–H and O–H groups in total. The van der Waals surface area contributed by atoms with Gasteiger partial charge in [0.05, 0.1) is 17.8 Å². The summed E-state index contributed by atoms with van der Waals surface area (Å²) in [5, 5.41) is 6.87. The maximum absolute atomic E-state index is 13.1. The summed E-state index contributed by atoms with van der Waals surface area (Å²) >= 11 is 6.27. The van der Waals surface area contributed by atoms with Crippen LogP contribution in [0.4, 0.5) is 4.39 Å². The summed E-state index contributed by atoms with van der Waals surface area (Å²) < 4.78 is 24.1. The van der Waals surface area contributed by atoms with Gasteiger partial charge in [-0.2, -0.15) is 5.10 Å². The fourth-order valence-corrected chi connectivity index (χ4v) is 3.05. The number of halogens is 2. The Kier molecular flexibility index (Phi) is 9.70. The second kappa shape index (κ2) is 12.5. The van der Waals surface area contributed by atoms with Crippen LogP contribution in [-0.2, 0) is 4.79 Å². The quantitative estimate of drug-likeness (QED) is 0.312. The fraction of sp³-hybridized carbons (Fsp3) is 0.292. The molecule has 0 aliphatic carbocycles. The molecule has 7 nitrogen and oxygen atoms in total. The molecule has 0 aliphatic rings. The lowest BCUT2D eigenvalue weighted by Crippen LogP contribution is -2.48. The van der Waals surface area contributed by atoms with Gasteiger partial charge in [-0.3, -0.25) is 9.59 Å². The maximum atomic E-state index is 13.1. The molecule has 9 heteroatoms. The predicted octanol–water partition coefficient (Wildman–Crippen LogP) is 3.79. The molecule has 2 amide bonds. The van der Waals surface area contributed by atoms with E-state index in [1.165, 1.54) is 30.5 Å². The normalized spacial score (nSPS) is 11.7. The highest BCUT2D eigenvalue weighted by Gasteiger charge is 2.24. The van der Waals surface area contributed by atoms with E-state index in [2.05, 4.69) is 21.8 Å². The highest BCUT2D eigenvalue weighted by molar-refractivity contribution is 6.32. The summed E-state index contributed by atoms with van der Waals surface area (Å²) in [7, 11) is 0. The van der Waals surface area contributed by atoms with Gasteiger partial charge < -0.3 is 14.8 Å². The molecule has 1 atom stereocenters. The van der Waals surface area contributed by atoms with E-state index in [1.807, 2.05) is 6.92 Å². The smallest absolute Gasteiger partial charge is 0.262 e. The third kappa shape index (κ3) is 7.51. The second-order valence-corrected chi connectivity index (χ2v) is 7.60. The van der Waals surface area contributed by atoms with Gasteiger partial charge in [-0.15, -0.1) is 6.42 Å². The Morgan fingerprint density at radius 3 is 2.55 bits per heavy atom. The molecule has 0 saturated carbocycles. The Morgan fingerprint density at radius 1 is 1.24 bits per heavy atom. The van der Waals surface area contributed by atoms with Crippen LogP contribution in [0.2, 0.25) is 5.02 Å². The van der Waals surface area contributed by atoms with Crippen LogP contribution in [0.1, 0.15) is 36.7 Å². The third-order valence-electron chi connectivity index (χ3n) is 4.36. The highest BCUT2D eigenvalue weighted by Crippen LogP contribution is 2.36. The number of carbonyl (C=O) groups excluding carboxylic acids is 2. The Labute approximate surface area is 197 Å². The summed E-state index contributed by atoms with van der Waals surface area (Å²) in [5.74, 6) is 1.38.